The molecule has 1 aromatic heterocycles. The predicted molar refractivity (Wildman–Crippen MR) is 66.3 cm³/mol. The number of ether oxygens (including phenoxy) is 2. The van der Waals surface area contributed by atoms with Gasteiger partial charge in [0, 0.05) is 23.5 Å². The molecule has 0 amide bonds. The van der Waals surface area contributed by atoms with Crippen molar-refractivity contribution in [3.8, 4) is 11.5 Å². The van der Waals surface area contributed by atoms with Crippen LogP contribution in [0.5, 0.6) is 11.5 Å². The van der Waals surface area contributed by atoms with Crippen molar-refractivity contribution in [3.05, 3.63) is 35.1 Å². The number of hydrogen-bond acceptors (Lipinski definition) is 4. The Kier molecular flexibility index (Phi) is 2.97. The van der Waals surface area contributed by atoms with Crippen molar-refractivity contribution >= 4 is 22.4 Å². The van der Waals surface area contributed by atoms with Crippen LogP contribution >= 0.6 is 11.6 Å². The number of hydrogen-bond donors (Lipinski definition) is 1. The van der Waals surface area contributed by atoms with E-state index in [0.29, 0.717) is 21.7 Å². The van der Waals surface area contributed by atoms with E-state index in [4.69, 9.17) is 21.1 Å². The topological polar surface area (TPSA) is 64.2 Å². The zero-order valence-electron chi connectivity index (χ0n) is 9.18. The molecule has 0 saturated heterocycles. The fourth-order valence-corrected chi connectivity index (χ4v) is 2.99. The first-order chi connectivity index (χ1) is 8.74. The lowest BCUT2D eigenvalue weighted by atomic mass is 10.2. The molecule has 1 aliphatic heterocycles. The van der Waals surface area contributed by atoms with E-state index in [1.165, 1.54) is 0 Å². The Labute approximate surface area is 111 Å². The van der Waals surface area contributed by atoms with Crippen molar-refractivity contribution in [2.45, 2.75) is 10.9 Å². The van der Waals surface area contributed by atoms with E-state index in [1.807, 2.05) is 0 Å². The lowest BCUT2D eigenvalue weighted by Crippen LogP contribution is -1.99. The number of rotatable bonds is 3. The van der Waals surface area contributed by atoms with Crippen molar-refractivity contribution in [1.29, 1.82) is 0 Å². The van der Waals surface area contributed by atoms with E-state index in [2.05, 4.69) is 9.97 Å². The third-order valence-electron chi connectivity index (χ3n) is 2.52. The molecule has 2 heterocycles. The summed E-state index contributed by atoms with van der Waals surface area (Å²) >= 11 is 6.11. The first-order valence-electron chi connectivity index (χ1n) is 5.20. The molecule has 1 aromatic carbocycles. The average molecular weight is 285 g/mol. The summed E-state index contributed by atoms with van der Waals surface area (Å²) in [5, 5.41) is 0.947. The molecule has 1 atom stereocenters. The van der Waals surface area contributed by atoms with Gasteiger partial charge in [0.05, 0.1) is 16.6 Å². The standard InChI is InChI=1S/C11H9ClN2O3S/c12-8-4-10-9(16-6-17-10)3-7(8)5-18(15)11-13-1-2-14-11/h1-4H,5-6H2,(H,13,14). The number of fused-ring (bicyclic) bond motifs is 1. The minimum Gasteiger partial charge on any atom is -0.454 e. The van der Waals surface area contributed by atoms with Crippen LogP contribution in [0.1, 0.15) is 5.56 Å². The van der Waals surface area contributed by atoms with E-state index in [9.17, 15) is 4.21 Å². The summed E-state index contributed by atoms with van der Waals surface area (Å²) in [6, 6.07) is 3.43. The second kappa shape index (κ2) is 4.62. The van der Waals surface area contributed by atoms with Gasteiger partial charge in [0.2, 0.25) is 6.79 Å². The summed E-state index contributed by atoms with van der Waals surface area (Å²) < 4.78 is 22.5. The third-order valence-corrected chi connectivity index (χ3v) is 4.10. The zero-order valence-corrected chi connectivity index (χ0v) is 10.8. The number of halogens is 1. The van der Waals surface area contributed by atoms with Gasteiger partial charge in [-0.25, -0.2) is 4.98 Å². The quantitative estimate of drug-likeness (QED) is 0.937. The van der Waals surface area contributed by atoms with E-state index in [-0.39, 0.29) is 12.5 Å². The molecule has 1 unspecified atom stereocenters. The molecule has 0 aliphatic carbocycles. The number of nitrogens with one attached hydrogen (secondary N) is 1. The Morgan fingerprint density at radius 2 is 2.17 bits per heavy atom. The number of nitrogens with zero attached hydrogens (tertiary/aromatic N) is 1. The molecule has 0 radical (unpaired) electrons. The summed E-state index contributed by atoms with van der Waals surface area (Å²) in [7, 11) is -1.26. The molecule has 3 rings (SSSR count). The van der Waals surface area contributed by atoms with Crippen LogP contribution in [0, 0.1) is 0 Å². The zero-order chi connectivity index (χ0) is 12.5. The number of aromatic nitrogens is 2. The molecule has 18 heavy (non-hydrogen) atoms. The Morgan fingerprint density at radius 3 is 2.89 bits per heavy atom. The van der Waals surface area contributed by atoms with Crippen LogP contribution in [0.4, 0.5) is 0 Å². The van der Waals surface area contributed by atoms with Crippen LogP contribution in [0.15, 0.2) is 29.7 Å². The summed E-state index contributed by atoms with van der Waals surface area (Å²) in [6.45, 7) is 0.191. The van der Waals surface area contributed by atoms with Gasteiger partial charge in [0.15, 0.2) is 16.7 Å². The number of benzene rings is 1. The number of H-pyrrole nitrogens is 1. The van der Waals surface area contributed by atoms with Crippen LogP contribution in [-0.2, 0) is 16.6 Å². The maximum absolute atomic E-state index is 12.0. The van der Waals surface area contributed by atoms with Crippen LogP contribution in [0.3, 0.4) is 0 Å². The third kappa shape index (κ3) is 2.09. The Hall–Kier alpha value is -1.53. The molecule has 0 fully saturated rings. The highest BCUT2D eigenvalue weighted by Crippen LogP contribution is 2.37. The van der Waals surface area contributed by atoms with Crippen molar-refractivity contribution in [3.63, 3.8) is 0 Å². The molecular weight excluding hydrogens is 276 g/mol. The van der Waals surface area contributed by atoms with Gasteiger partial charge in [0.1, 0.15) is 0 Å². The van der Waals surface area contributed by atoms with Gasteiger partial charge >= 0.3 is 0 Å². The van der Waals surface area contributed by atoms with Crippen molar-refractivity contribution < 1.29 is 13.7 Å². The van der Waals surface area contributed by atoms with Crippen molar-refractivity contribution in [2.24, 2.45) is 0 Å². The average Bonchev–Trinajstić information content (AvgIpc) is 2.98. The van der Waals surface area contributed by atoms with E-state index >= 15 is 0 Å². The van der Waals surface area contributed by atoms with Gasteiger partial charge in [-0.3, -0.25) is 4.21 Å². The highest BCUT2D eigenvalue weighted by Gasteiger charge is 2.18. The van der Waals surface area contributed by atoms with Gasteiger partial charge in [-0.2, -0.15) is 0 Å². The summed E-state index contributed by atoms with van der Waals surface area (Å²) in [6.07, 6.45) is 3.20. The maximum Gasteiger partial charge on any atom is 0.231 e. The highest BCUT2D eigenvalue weighted by atomic mass is 35.5. The minimum absolute atomic E-state index is 0.191. The van der Waals surface area contributed by atoms with Crippen molar-refractivity contribution in [2.75, 3.05) is 6.79 Å². The Balaban J connectivity index is 1.87. The van der Waals surface area contributed by atoms with Crippen LogP contribution in [0.25, 0.3) is 0 Å². The SMILES string of the molecule is O=S(Cc1cc2c(cc1Cl)OCO2)c1ncc[nH]1. The van der Waals surface area contributed by atoms with Crippen LogP contribution in [0.2, 0.25) is 5.02 Å². The molecule has 0 saturated carbocycles. The van der Waals surface area contributed by atoms with Crippen LogP contribution < -0.4 is 9.47 Å². The molecule has 0 spiro atoms. The molecule has 1 aliphatic rings. The Morgan fingerprint density at radius 1 is 1.39 bits per heavy atom. The fourth-order valence-electron chi connectivity index (χ4n) is 1.65. The second-order valence-corrected chi connectivity index (χ2v) is 5.45. The van der Waals surface area contributed by atoms with Gasteiger partial charge in [-0.1, -0.05) is 11.6 Å². The first kappa shape index (κ1) is 11.6. The Bertz CT molecular complexity index is 601. The van der Waals surface area contributed by atoms with Crippen LogP contribution in [-0.4, -0.2) is 21.0 Å². The molecule has 94 valence electrons. The fraction of sp³-hybridized carbons (Fsp3) is 0.182. The van der Waals surface area contributed by atoms with Gasteiger partial charge in [-0.05, 0) is 11.6 Å². The van der Waals surface area contributed by atoms with Gasteiger partial charge in [0.25, 0.3) is 0 Å². The maximum atomic E-state index is 12.0. The minimum atomic E-state index is -1.26. The monoisotopic (exact) mass is 284 g/mol. The second-order valence-electron chi connectivity index (χ2n) is 3.68. The molecular formula is C11H9ClN2O3S. The molecule has 0 bridgehead atoms. The lowest BCUT2D eigenvalue weighted by molar-refractivity contribution is 0.174. The van der Waals surface area contributed by atoms with Gasteiger partial charge in [-0.15, -0.1) is 0 Å². The number of imidazole rings is 1. The summed E-state index contributed by atoms with van der Waals surface area (Å²) in [5.41, 5.74) is 0.746. The molecule has 7 heteroatoms. The first-order valence-corrected chi connectivity index (χ1v) is 6.89. The predicted octanol–water partition coefficient (Wildman–Crippen LogP) is 2.10. The highest BCUT2D eigenvalue weighted by molar-refractivity contribution is 7.84. The van der Waals surface area contributed by atoms with Crippen molar-refractivity contribution in [1.82, 2.24) is 9.97 Å². The number of aromatic amines is 1. The summed E-state index contributed by atoms with van der Waals surface area (Å²) in [4.78, 5) is 6.78. The smallest absolute Gasteiger partial charge is 0.231 e. The molecule has 5 nitrogen and oxygen atoms in total. The molecule has 1 N–H and O–H groups in total. The van der Waals surface area contributed by atoms with E-state index in [0.717, 1.165) is 5.56 Å². The summed E-state index contributed by atoms with van der Waals surface area (Å²) in [5.74, 6) is 1.53. The van der Waals surface area contributed by atoms with Gasteiger partial charge < -0.3 is 14.5 Å². The lowest BCUT2D eigenvalue weighted by Gasteiger charge is -2.05. The molecule has 2 aromatic rings. The van der Waals surface area contributed by atoms with E-state index < -0.39 is 10.8 Å². The normalized spacial score (nSPS) is 14.7. The van der Waals surface area contributed by atoms with E-state index in [1.54, 1.807) is 24.5 Å². The largest absolute Gasteiger partial charge is 0.454 e.